The first kappa shape index (κ1) is 20.0. The van der Waals surface area contributed by atoms with Crippen molar-refractivity contribution in [1.82, 2.24) is 20.5 Å². The smallest absolute Gasteiger partial charge is 0.249 e. The van der Waals surface area contributed by atoms with Crippen molar-refractivity contribution in [3.63, 3.8) is 0 Å². The van der Waals surface area contributed by atoms with Crippen LogP contribution in [0, 0.1) is 23.2 Å². The molecule has 8 heteroatoms. The van der Waals surface area contributed by atoms with E-state index in [1.807, 2.05) is 24.3 Å². The Labute approximate surface area is 181 Å². The fraction of sp³-hybridized carbons (Fsp3) is 0.565. The molecule has 4 fully saturated rings. The lowest BCUT2D eigenvalue weighted by atomic mass is 9.49. The molecule has 4 saturated carbocycles. The average molecular weight is 424 g/mol. The van der Waals surface area contributed by atoms with Crippen molar-refractivity contribution in [2.45, 2.75) is 44.9 Å². The molecule has 4 aliphatic rings. The molecule has 8 nitrogen and oxygen atoms in total. The second kappa shape index (κ2) is 7.98. The van der Waals surface area contributed by atoms with Crippen molar-refractivity contribution in [2.24, 2.45) is 23.2 Å². The number of anilines is 1. The van der Waals surface area contributed by atoms with Gasteiger partial charge in [0.15, 0.2) is 5.82 Å². The lowest BCUT2D eigenvalue weighted by Gasteiger charge is -2.56. The zero-order valence-electron chi connectivity index (χ0n) is 17.8. The lowest BCUT2D eigenvalue weighted by Crippen LogP contribution is -2.48. The zero-order valence-corrected chi connectivity index (χ0v) is 17.8. The van der Waals surface area contributed by atoms with Gasteiger partial charge in [-0.2, -0.15) is 4.98 Å². The van der Waals surface area contributed by atoms with Crippen LogP contribution < -0.4 is 15.4 Å². The number of carbonyl (C=O) groups excluding carboxylic acids is 2. The number of hydrogen-bond donors (Lipinski definition) is 3. The van der Waals surface area contributed by atoms with E-state index < -0.39 is 0 Å². The van der Waals surface area contributed by atoms with Gasteiger partial charge < -0.3 is 10.1 Å². The molecule has 164 valence electrons. The molecule has 4 bridgehead atoms. The largest absolute Gasteiger partial charge is 0.496 e. The highest BCUT2D eigenvalue weighted by atomic mass is 16.5. The molecule has 0 saturated heterocycles. The fourth-order valence-corrected chi connectivity index (χ4v) is 6.54. The van der Waals surface area contributed by atoms with Gasteiger partial charge in [0.25, 0.3) is 0 Å². The summed E-state index contributed by atoms with van der Waals surface area (Å²) in [5.41, 5.74) is 0.921. The van der Waals surface area contributed by atoms with Gasteiger partial charge in [0.2, 0.25) is 17.8 Å². The number of benzene rings is 1. The van der Waals surface area contributed by atoms with Crippen LogP contribution in [-0.4, -0.2) is 40.7 Å². The Hall–Kier alpha value is -2.90. The second-order valence-electron chi connectivity index (χ2n) is 9.63. The van der Waals surface area contributed by atoms with Crippen molar-refractivity contribution >= 4 is 17.8 Å². The van der Waals surface area contributed by atoms with E-state index >= 15 is 0 Å². The number of nitrogens with zero attached hydrogens (tertiary/aromatic N) is 2. The normalized spacial score (nSPS) is 28.4. The van der Waals surface area contributed by atoms with Crippen LogP contribution in [0.1, 0.15) is 44.9 Å². The van der Waals surface area contributed by atoms with E-state index in [9.17, 15) is 9.59 Å². The number of carbonyl (C=O) groups is 2. The van der Waals surface area contributed by atoms with Crippen LogP contribution in [0.2, 0.25) is 0 Å². The predicted octanol–water partition coefficient (Wildman–Crippen LogP) is 3.14. The maximum absolute atomic E-state index is 12.6. The van der Waals surface area contributed by atoms with Crippen molar-refractivity contribution in [3.8, 4) is 17.1 Å². The summed E-state index contributed by atoms with van der Waals surface area (Å²) in [7, 11) is 1.59. The summed E-state index contributed by atoms with van der Waals surface area (Å²) >= 11 is 0. The predicted molar refractivity (Wildman–Crippen MR) is 115 cm³/mol. The molecule has 1 heterocycles. The number of ether oxygens (including phenoxy) is 1. The first-order valence-electron chi connectivity index (χ1n) is 11.1. The number of H-pyrrole nitrogens is 1. The fourth-order valence-electron chi connectivity index (χ4n) is 6.54. The molecular weight excluding hydrogens is 394 g/mol. The highest BCUT2D eigenvalue weighted by molar-refractivity contribution is 5.93. The van der Waals surface area contributed by atoms with Gasteiger partial charge >= 0.3 is 0 Å². The van der Waals surface area contributed by atoms with Crippen LogP contribution in [0.15, 0.2) is 24.3 Å². The maximum Gasteiger partial charge on any atom is 0.249 e. The Bertz CT molecular complexity index is 950. The van der Waals surface area contributed by atoms with Crippen LogP contribution in [0.25, 0.3) is 11.4 Å². The number of amides is 2. The summed E-state index contributed by atoms with van der Waals surface area (Å²) in [6.07, 6.45) is 8.16. The van der Waals surface area contributed by atoms with Crippen molar-refractivity contribution in [3.05, 3.63) is 24.3 Å². The summed E-state index contributed by atoms with van der Waals surface area (Å²) in [6, 6.07) is 7.43. The number of nitrogens with one attached hydrogen (secondary N) is 3. The van der Waals surface area contributed by atoms with Gasteiger partial charge in [-0.25, -0.2) is 0 Å². The van der Waals surface area contributed by atoms with Crippen LogP contribution in [-0.2, 0) is 9.59 Å². The molecule has 0 aliphatic heterocycles. The van der Waals surface area contributed by atoms with Crippen LogP contribution >= 0.6 is 0 Å². The van der Waals surface area contributed by atoms with E-state index in [1.54, 1.807) is 7.11 Å². The molecule has 31 heavy (non-hydrogen) atoms. The molecule has 6 rings (SSSR count). The Morgan fingerprint density at radius 2 is 1.77 bits per heavy atom. The van der Waals surface area contributed by atoms with Crippen molar-refractivity contribution < 1.29 is 14.3 Å². The number of methoxy groups -OCH3 is 1. The zero-order chi connectivity index (χ0) is 21.4. The van der Waals surface area contributed by atoms with Crippen LogP contribution in [0.4, 0.5) is 5.95 Å². The number of aromatic nitrogens is 3. The van der Waals surface area contributed by atoms with E-state index in [4.69, 9.17) is 4.74 Å². The Balaban J connectivity index is 1.13. The first-order valence-corrected chi connectivity index (χ1v) is 11.1. The maximum atomic E-state index is 12.6. The number of aromatic amines is 1. The van der Waals surface area contributed by atoms with Gasteiger partial charge in [0.05, 0.1) is 19.2 Å². The first-order chi connectivity index (χ1) is 15.0. The minimum atomic E-state index is -0.343. The van der Waals surface area contributed by atoms with E-state index in [1.165, 1.54) is 38.5 Å². The van der Waals surface area contributed by atoms with Crippen molar-refractivity contribution in [1.29, 1.82) is 0 Å². The number of para-hydroxylation sites is 1. The summed E-state index contributed by atoms with van der Waals surface area (Å²) in [5, 5.41) is 12.3. The highest BCUT2D eigenvalue weighted by Gasteiger charge is 2.51. The van der Waals surface area contributed by atoms with E-state index in [0.29, 0.717) is 18.0 Å². The van der Waals surface area contributed by atoms with Crippen LogP contribution in [0.3, 0.4) is 0 Å². The quantitative estimate of drug-likeness (QED) is 0.634. The topological polar surface area (TPSA) is 109 Å². The van der Waals surface area contributed by atoms with Gasteiger partial charge in [-0.15, -0.1) is 5.10 Å². The molecular formula is C23H29N5O3. The molecule has 1 aromatic carbocycles. The monoisotopic (exact) mass is 423 g/mol. The molecule has 0 spiro atoms. The Morgan fingerprint density at radius 1 is 1.10 bits per heavy atom. The molecule has 0 unspecified atom stereocenters. The van der Waals surface area contributed by atoms with E-state index in [0.717, 1.165) is 23.3 Å². The molecule has 0 radical (unpaired) electrons. The van der Waals surface area contributed by atoms with Gasteiger partial charge in [-0.3, -0.25) is 20.0 Å². The lowest BCUT2D eigenvalue weighted by molar-refractivity contribution is -0.131. The Kier molecular flexibility index (Phi) is 5.16. The Morgan fingerprint density at radius 3 is 2.45 bits per heavy atom. The third-order valence-corrected chi connectivity index (χ3v) is 7.25. The van der Waals surface area contributed by atoms with Crippen molar-refractivity contribution in [2.75, 3.05) is 19.0 Å². The summed E-state index contributed by atoms with van der Waals surface area (Å²) in [5.74, 6) is 3.39. The molecule has 2 aromatic rings. The molecule has 1 aromatic heterocycles. The third kappa shape index (κ3) is 4.16. The molecule has 2 amide bonds. The molecule has 3 N–H and O–H groups in total. The van der Waals surface area contributed by atoms with E-state index in [2.05, 4.69) is 25.8 Å². The SMILES string of the molecule is COc1ccccc1-c1nc(NC(=O)CNC(=O)CC23CC4CC(CC(C4)C2)C3)n[nH]1. The number of hydrogen-bond acceptors (Lipinski definition) is 5. The highest BCUT2D eigenvalue weighted by Crippen LogP contribution is 2.61. The minimum absolute atomic E-state index is 0.0261. The number of rotatable bonds is 7. The second-order valence-corrected chi connectivity index (χ2v) is 9.63. The van der Waals surface area contributed by atoms with Gasteiger partial charge in [0.1, 0.15) is 5.75 Å². The summed E-state index contributed by atoms with van der Waals surface area (Å²) in [6.45, 7) is -0.0796. The van der Waals surface area contributed by atoms with Gasteiger partial charge in [0, 0.05) is 6.42 Å². The standard InChI is InChI=1S/C23H29N5O3/c1-31-18-5-3-2-4-17(18)21-26-22(28-27-21)25-20(30)13-24-19(29)12-23-9-14-6-15(10-23)8-16(7-14)11-23/h2-5,14-16H,6-13H2,1H3,(H,24,29)(H2,25,26,27,28,30). The minimum Gasteiger partial charge on any atom is -0.496 e. The summed E-state index contributed by atoms with van der Waals surface area (Å²) in [4.78, 5) is 29.2. The van der Waals surface area contributed by atoms with Gasteiger partial charge in [-0.05, 0) is 73.8 Å². The molecule has 0 atom stereocenters. The van der Waals surface area contributed by atoms with Gasteiger partial charge in [-0.1, -0.05) is 12.1 Å². The third-order valence-electron chi connectivity index (χ3n) is 7.25. The molecule has 4 aliphatic carbocycles. The van der Waals surface area contributed by atoms with E-state index in [-0.39, 0.29) is 29.7 Å². The average Bonchev–Trinajstić information content (AvgIpc) is 3.19. The van der Waals surface area contributed by atoms with Crippen LogP contribution in [0.5, 0.6) is 5.75 Å². The summed E-state index contributed by atoms with van der Waals surface area (Å²) < 4.78 is 5.33.